The van der Waals surface area contributed by atoms with Gasteiger partial charge >= 0.3 is 0 Å². The Hall–Kier alpha value is -3.00. The maximum atomic E-state index is 12.3. The molecule has 1 aliphatic heterocycles. The highest BCUT2D eigenvalue weighted by Gasteiger charge is 2.26. The number of aromatic nitrogens is 3. The third kappa shape index (κ3) is 3.82. The summed E-state index contributed by atoms with van der Waals surface area (Å²) in [6, 6.07) is 15.6. The number of amides is 1. The first-order valence-corrected chi connectivity index (χ1v) is 9.97. The van der Waals surface area contributed by atoms with Gasteiger partial charge in [0.1, 0.15) is 5.75 Å². The van der Waals surface area contributed by atoms with E-state index in [1.807, 2.05) is 55.5 Å². The van der Waals surface area contributed by atoms with Crippen molar-refractivity contribution in [2.24, 2.45) is 0 Å². The minimum atomic E-state index is -0.0574. The second-order valence-electron chi connectivity index (χ2n) is 6.49. The minimum absolute atomic E-state index is 0.0574. The molecular weight excluding hydrogens is 374 g/mol. The minimum Gasteiger partial charge on any atom is -0.497 e. The van der Waals surface area contributed by atoms with Gasteiger partial charge in [-0.3, -0.25) is 9.36 Å². The molecule has 2 heterocycles. The molecule has 4 rings (SSSR count). The molecule has 0 aliphatic carbocycles. The Labute approximate surface area is 167 Å². The molecule has 2 aromatic carbocycles. The number of aryl methyl sites for hydroxylation is 1. The van der Waals surface area contributed by atoms with Crippen LogP contribution in [0.3, 0.4) is 0 Å². The molecule has 3 aromatic rings. The molecule has 28 heavy (non-hydrogen) atoms. The van der Waals surface area contributed by atoms with Gasteiger partial charge in [0.2, 0.25) is 11.9 Å². The lowest BCUT2D eigenvalue weighted by Gasteiger charge is -2.15. The number of hydrogen-bond acceptors (Lipinski definition) is 6. The van der Waals surface area contributed by atoms with E-state index in [1.165, 1.54) is 11.8 Å². The van der Waals surface area contributed by atoms with Crippen molar-refractivity contribution in [3.63, 3.8) is 0 Å². The maximum Gasteiger partial charge on any atom is 0.234 e. The Balaban J connectivity index is 1.40. The van der Waals surface area contributed by atoms with Crippen LogP contribution < -0.4 is 15.0 Å². The van der Waals surface area contributed by atoms with Crippen molar-refractivity contribution in [1.82, 2.24) is 14.8 Å². The van der Waals surface area contributed by atoms with Crippen LogP contribution in [0.4, 0.5) is 17.3 Å². The zero-order valence-corrected chi connectivity index (χ0v) is 16.6. The maximum absolute atomic E-state index is 12.3. The third-order valence-electron chi connectivity index (χ3n) is 4.50. The third-order valence-corrected chi connectivity index (χ3v) is 5.47. The average molecular weight is 395 g/mol. The molecule has 0 saturated carbocycles. The number of ether oxygens (including phenoxy) is 1. The second-order valence-corrected chi connectivity index (χ2v) is 7.43. The fraction of sp³-hybridized carbons (Fsp3) is 0.250. The summed E-state index contributed by atoms with van der Waals surface area (Å²) in [5.74, 6) is 1.85. The lowest BCUT2D eigenvalue weighted by molar-refractivity contribution is -0.113. The number of benzene rings is 2. The van der Waals surface area contributed by atoms with E-state index in [4.69, 9.17) is 4.74 Å². The number of fused-ring (bicyclic) bond motifs is 1. The summed E-state index contributed by atoms with van der Waals surface area (Å²) >= 11 is 1.40. The topological polar surface area (TPSA) is 72.3 Å². The van der Waals surface area contributed by atoms with E-state index >= 15 is 0 Å². The highest BCUT2D eigenvalue weighted by Crippen LogP contribution is 2.32. The molecule has 0 bridgehead atoms. The molecule has 8 heteroatoms. The first kappa shape index (κ1) is 18.4. The number of rotatable bonds is 6. The molecule has 1 amide bonds. The molecule has 1 N–H and O–H groups in total. The van der Waals surface area contributed by atoms with Gasteiger partial charge in [-0.2, -0.15) is 0 Å². The van der Waals surface area contributed by atoms with Crippen LogP contribution in [0.25, 0.3) is 0 Å². The van der Waals surface area contributed by atoms with Crippen LogP contribution in [0.5, 0.6) is 5.75 Å². The van der Waals surface area contributed by atoms with Crippen LogP contribution >= 0.6 is 11.8 Å². The largest absolute Gasteiger partial charge is 0.497 e. The summed E-state index contributed by atoms with van der Waals surface area (Å²) in [6.45, 7) is 3.61. The summed E-state index contributed by atoms with van der Waals surface area (Å²) in [7, 11) is 1.65. The molecule has 0 radical (unpaired) electrons. The fourth-order valence-electron chi connectivity index (χ4n) is 3.14. The Morgan fingerprint density at radius 2 is 2.00 bits per heavy atom. The summed E-state index contributed by atoms with van der Waals surface area (Å²) < 4.78 is 7.27. The molecule has 1 aliphatic rings. The molecule has 0 saturated heterocycles. The van der Waals surface area contributed by atoms with Gasteiger partial charge in [-0.05, 0) is 48.9 Å². The number of thioether (sulfide) groups is 1. The van der Waals surface area contributed by atoms with E-state index in [-0.39, 0.29) is 11.7 Å². The van der Waals surface area contributed by atoms with E-state index in [0.717, 1.165) is 46.9 Å². The van der Waals surface area contributed by atoms with Crippen LogP contribution in [-0.2, 0) is 11.3 Å². The van der Waals surface area contributed by atoms with Crippen molar-refractivity contribution in [3.8, 4) is 5.75 Å². The molecule has 0 spiro atoms. The van der Waals surface area contributed by atoms with Gasteiger partial charge in [0, 0.05) is 24.5 Å². The van der Waals surface area contributed by atoms with Gasteiger partial charge in [-0.1, -0.05) is 23.9 Å². The lowest BCUT2D eigenvalue weighted by Crippen LogP contribution is -2.14. The van der Waals surface area contributed by atoms with E-state index in [1.54, 1.807) is 7.11 Å². The number of carbonyl (C=O) groups is 1. The van der Waals surface area contributed by atoms with E-state index < -0.39 is 0 Å². The quantitative estimate of drug-likeness (QED) is 0.645. The highest BCUT2D eigenvalue weighted by molar-refractivity contribution is 7.99. The fourth-order valence-corrected chi connectivity index (χ4v) is 3.90. The van der Waals surface area contributed by atoms with Gasteiger partial charge in [0.25, 0.3) is 0 Å². The van der Waals surface area contributed by atoms with Crippen LogP contribution in [-0.4, -0.2) is 40.1 Å². The zero-order chi connectivity index (χ0) is 19.5. The number of carbonyl (C=O) groups excluding carboxylic acids is 1. The van der Waals surface area contributed by atoms with E-state index in [2.05, 4.69) is 25.0 Å². The standard InChI is InChI=1S/C20H21N5O2S/c1-14-4-3-5-15(12-14)21-18(26)13-28-20-23-22-19-24(10-11-25(19)20)16-6-8-17(27-2)9-7-16/h3-9,12H,10-11,13H2,1-2H3,(H,21,26). The van der Waals surface area contributed by atoms with E-state index in [9.17, 15) is 4.79 Å². The van der Waals surface area contributed by atoms with Crippen molar-refractivity contribution in [1.29, 1.82) is 0 Å². The van der Waals surface area contributed by atoms with Gasteiger partial charge in [-0.15, -0.1) is 10.2 Å². The van der Waals surface area contributed by atoms with Crippen molar-refractivity contribution in [2.75, 3.05) is 29.6 Å². The molecule has 7 nitrogen and oxygen atoms in total. The van der Waals surface area contributed by atoms with E-state index in [0.29, 0.717) is 0 Å². The van der Waals surface area contributed by atoms with Crippen LogP contribution in [0.2, 0.25) is 0 Å². The van der Waals surface area contributed by atoms with Crippen LogP contribution in [0, 0.1) is 6.92 Å². The molecule has 144 valence electrons. The van der Waals surface area contributed by atoms with Gasteiger partial charge in [0.15, 0.2) is 5.16 Å². The van der Waals surface area contributed by atoms with Crippen molar-refractivity contribution >= 4 is 35.0 Å². The Kier molecular flexibility index (Phi) is 5.21. The Morgan fingerprint density at radius 1 is 1.18 bits per heavy atom. The predicted molar refractivity (Wildman–Crippen MR) is 111 cm³/mol. The first-order chi connectivity index (χ1) is 13.6. The zero-order valence-electron chi connectivity index (χ0n) is 15.8. The molecule has 1 aromatic heterocycles. The van der Waals surface area contributed by atoms with Gasteiger partial charge < -0.3 is 15.0 Å². The molecule has 0 atom stereocenters. The summed E-state index contributed by atoms with van der Waals surface area (Å²) in [4.78, 5) is 14.4. The Morgan fingerprint density at radius 3 is 2.75 bits per heavy atom. The molecular formula is C20H21N5O2S. The summed E-state index contributed by atoms with van der Waals surface area (Å²) in [6.07, 6.45) is 0. The average Bonchev–Trinajstić information content (AvgIpc) is 3.29. The number of nitrogens with one attached hydrogen (secondary N) is 1. The summed E-state index contributed by atoms with van der Waals surface area (Å²) in [5.41, 5.74) is 2.96. The number of methoxy groups -OCH3 is 1. The van der Waals surface area contributed by atoms with Gasteiger partial charge in [0.05, 0.1) is 12.9 Å². The molecule has 0 fully saturated rings. The first-order valence-electron chi connectivity index (χ1n) is 8.98. The Bertz CT molecular complexity index is 987. The number of hydrogen-bond donors (Lipinski definition) is 1. The second kappa shape index (κ2) is 7.93. The number of nitrogens with zero attached hydrogens (tertiary/aromatic N) is 4. The lowest BCUT2D eigenvalue weighted by atomic mass is 10.2. The van der Waals surface area contributed by atoms with Crippen molar-refractivity contribution in [3.05, 3.63) is 54.1 Å². The predicted octanol–water partition coefficient (Wildman–Crippen LogP) is 3.48. The van der Waals surface area contributed by atoms with Crippen LogP contribution in [0.15, 0.2) is 53.7 Å². The van der Waals surface area contributed by atoms with Gasteiger partial charge in [-0.25, -0.2) is 0 Å². The SMILES string of the molecule is COc1ccc(N2CCn3c(SCC(=O)Nc4cccc(C)c4)nnc32)cc1. The van der Waals surface area contributed by atoms with Crippen molar-refractivity contribution in [2.45, 2.75) is 18.6 Å². The normalized spacial score (nSPS) is 12.7. The highest BCUT2D eigenvalue weighted by atomic mass is 32.2. The molecule has 0 unspecified atom stereocenters. The smallest absolute Gasteiger partial charge is 0.234 e. The number of anilines is 3. The van der Waals surface area contributed by atoms with Crippen molar-refractivity contribution < 1.29 is 9.53 Å². The summed E-state index contributed by atoms with van der Waals surface area (Å²) in [5, 5.41) is 12.3. The van der Waals surface area contributed by atoms with Crippen LogP contribution in [0.1, 0.15) is 5.56 Å². The monoisotopic (exact) mass is 395 g/mol.